The SMILES string of the molecule is CCCCOc1cc(C(=O)CCCN(CC)CC)ccc1N=Nc1ccc(C(=O)OCCN(CC)CC)cc1OCCCC. The maximum atomic E-state index is 13.0. The van der Waals surface area contributed by atoms with Crippen molar-refractivity contribution in [1.29, 1.82) is 0 Å². The first-order chi connectivity index (χ1) is 21.4. The molecule has 0 N–H and O–H groups in total. The molecule has 2 aromatic rings. The second kappa shape index (κ2) is 21.4. The van der Waals surface area contributed by atoms with Gasteiger partial charge in [-0.15, -0.1) is 10.2 Å². The first-order valence-corrected chi connectivity index (χ1v) is 16.5. The van der Waals surface area contributed by atoms with Crippen molar-refractivity contribution in [2.24, 2.45) is 10.2 Å². The van der Waals surface area contributed by atoms with Gasteiger partial charge in [0.2, 0.25) is 0 Å². The van der Waals surface area contributed by atoms with Crippen molar-refractivity contribution in [3.05, 3.63) is 47.5 Å². The van der Waals surface area contributed by atoms with E-state index in [1.165, 1.54) is 0 Å². The highest BCUT2D eigenvalue weighted by molar-refractivity contribution is 5.97. The molecule has 0 atom stereocenters. The maximum absolute atomic E-state index is 13.0. The molecule has 9 heteroatoms. The standard InChI is InChI=1S/C35H54N4O5/c1-7-13-23-42-33-26-28(32(40)16-15-21-38(9-3)10-4)17-19-30(33)36-37-31-20-18-29(27-34(31)43-24-14-8-2)35(41)44-25-22-39(11-5)12-6/h17-20,26-27H,7-16,21-25H2,1-6H3. The first kappa shape index (κ1) is 36.9. The molecule has 0 unspecified atom stereocenters. The Hall–Kier alpha value is -3.30. The second-order valence-corrected chi connectivity index (χ2v) is 10.7. The minimum absolute atomic E-state index is 0.0900. The number of carbonyl (C=O) groups excluding carboxylic acids is 2. The summed E-state index contributed by atoms with van der Waals surface area (Å²) in [4.78, 5) is 30.3. The quantitative estimate of drug-likeness (QED) is 0.0541. The average Bonchev–Trinajstić information content (AvgIpc) is 3.04. The van der Waals surface area contributed by atoms with Crippen LogP contribution in [0.3, 0.4) is 0 Å². The molecule has 2 rings (SSSR count). The van der Waals surface area contributed by atoms with Gasteiger partial charge in [-0.2, -0.15) is 0 Å². The van der Waals surface area contributed by atoms with Crippen molar-refractivity contribution in [2.45, 2.75) is 80.1 Å². The number of rotatable bonds is 23. The van der Waals surface area contributed by atoms with E-state index in [1.807, 2.05) is 0 Å². The summed E-state index contributed by atoms with van der Waals surface area (Å²) in [6.07, 6.45) is 5.02. The smallest absolute Gasteiger partial charge is 0.338 e. The van der Waals surface area contributed by atoms with Gasteiger partial charge in [0.05, 0.1) is 18.8 Å². The second-order valence-electron chi connectivity index (χ2n) is 10.7. The van der Waals surface area contributed by atoms with Crippen LogP contribution in [0.15, 0.2) is 46.6 Å². The van der Waals surface area contributed by atoms with Crippen LogP contribution in [0.5, 0.6) is 11.5 Å². The fourth-order valence-corrected chi connectivity index (χ4v) is 4.52. The fourth-order valence-electron chi connectivity index (χ4n) is 4.52. The third kappa shape index (κ3) is 12.7. The Labute approximate surface area is 265 Å². The van der Waals surface area contributed by atoms with Crippen molar-refractivity contribution in [2.75, 3.05) is 59.1 Å². The van der Waals surface area contributed by atoms with Gasteiger partial charge in [-0.3, -0.25) is 4.79 Å². The summed E-state index contributed by atoms with van der Waals surface area (Å²) in [6.45, 7) is 19.3. The molecule has 0 bridgehead atoms. The lowest BCUT2D eigenvalue weighted by Gasteiger charge is -2.17. The zero-order valence-corrected chi connectivity index (χ0v) is 27.9. The molecule has 44 heavy (non-hydrogen) atoms. The summed E-state index contributed by atoms with van der Waals surface area (Å²) < 4.78 is 17.6. The van der Waals surface area contributed by atoms with Crippen LogP contribution in [-0.2, 0) is 4.74 Å². The molecule has 0 aliphatic heterocycles. The number of esters is 1. The van der Waals surface area contributed by atoms with E-state index < -0.39 is 5.97 Å². The third-order valence-electron chi connectivity index (χ3n) is 7.56. The number of hydrogen-bond acceptors (Lipinski definition) is 9. The zero-order chi connectivity index (χ0) is 32.2. The Morgan fingerprint density at radius 1 is 0.636 bits per heavy atom. The van der Waals surface area contributed by atoms with Crippen molar-refractivity contribution in [1.82, 2.24) is 9.80 Å². The van der Waals surface area contributed by atoms with E-state index >= 15 is 0 Å². The number of unbranched alkanes of at least 4 members (excludes halogenated alkanes) is 2. The van der Waals surface area contributed by atoms with Gasteiger partial charge >= 0.3 is 5.97 Å². The van der Waals surface area contributed by atoms with Gasteiger partial charge < -0.3 is 24.0 Å². The monoisotopic (exact) mass is 610 g/mol. The van der Waals surface area contributed by atoms with E-state index in [0.29, 0.717) is 66.8 Å². The summed E-state index contributed by atoms with van der Waals surface area (Å²) in [6, 6.07) is 10.4. The molecule has 0 fully saturated rings. The lowest BCUT2D eigenvalue weighted by atomic mass is 10.1. The first-order valence-electron chi connectivity index (χ1n) is 16.5. The number of nitrogens with zero attached hydrogens (tertiary/aromatic N) is 4. The number of Topliss-reactive ketones (excluding diaryl/α,β-unsaturated/α-hetero) is 1. The molecule has 0 heterocycles. The summed E-state index contributed by atoms with van der Waals surface area (Å²) in [5.41, 5.74) is 2.04. The van der Waals surface area contributed by atoms with Crippen molar-refractivity contribution < 1.29 is 23.8 Å². The fraction of sp³-hybridized carbons (Fsp3) is 0.600. The molecule has 0 saturated heterocycles. The maximum Gasteiger partial charge on any atom is 0.338 e. The minimum atomic E-state index is -0.398. The minimum Gasteiger partial charge on any atom is -0.491 e. The number of ether oxygens (including phenoxy) is 3. The predicted octanol–water partition coefficient (Wildman–Crippen LogP) is 8.26. The van der Waals surface area contributed by atoms with Crippen LogP contribution >= 0.6 is 0 Å². The molecule has 2 aromatic carbocycles. The van der Waals surface area contributed by atoms with Crippen LogP contribution in [0.2, 0.25) is 0 Å². The van der Waals surface area contributed by atoms with Crippen molar-refractivity contribution in [3.63, 3.8) is 0 Å². The summed E-state index contributed by atoms with van der Waals surface area (Å²) in [5, 5.41) is 8.98. The zero-order valence-electron chi connectivity index (χ0n) is 27.9. The number of benzene rings is 2. The van der Waals surface area contributed by atoms with E-state index in [4.69, 9.17) is 14.2 Å². The normalized spacial score (nSPS) is 11.5. The number of azo groups is 1. The number of ketones is 1. The third-order valence-corrected chi connectivity index (χ3v) is 7.56. The van der Waals surface area contributed by atoms with E-state index in [0.717, 1.165) is 64.8 Å². The molecule has 0 amide bonds. The predicted molar refractivity (Wildman–Crippen MR) is 177 cm³/mol. The molecule has 0 aliphatic carbocycles. The van der Waals surface area contributed by atoms with E-state index in [2.05, 4.69) is 61.6 Å². The summed E-state index contributed by atoms with van der Waals surface area (Å²) >= 11 is 0. The topological polar surface area (TPSA) is 93.0 Å². The summed E-state index contributed by atoms with van der Waals surface area (Å²) in [5.74, 6) is 0.685. The molecular weight excluding hydrogens is 556 g/mol. The molecular formula is C35H54N4O5. The van der Waals surface area contributed by atoms with Gasteiger partial charge in [-0.1, -0.05) is 54.4 Å². The Kier molecular flexibility index (Phi) is 17.9. The Morgan fingerprint density at radius 2 is 1.14 bits per heavy atom. The molecule has 0 aliphatic rings. The van der Waals surface area contributed by atoms with Gasteiger partial charge in [-0.05, 0) is 88.4 Å². The summed E-state index contributed by atoms with van der Waals surface area (Å²) in [7, 11) is 0. The Morgan fingerprint density at radius 3 is 1.66 bits per heavy atom. The molecule has 244 valence electrons. The van der Waals surface area contributed by atoms with Crippen molar-refractivity contribution >= 4 is 23.1 Å². The Bertz CT molecular complexity index is 1070. The number of carbonyl (C=O) groups is 2. The van der Waals surface area contributed by atoms with Gasteiger partial charge in [-0.25, -0.2) is 4.79 Å². The van der Waals surface area contributed by atoms with Gasteiger partial charge in [0.15, 0.2) is 5.78 Å². The lowest BCUT2D eigenvalue weighted by molar-refractivity contribution is 0.0466. The Balaban J connectivity index is 2.25. The average molecular weight is 611 g/mol. The van der Waals surface area contributed by atoms with Crippen LogP contribution < -0.4 is 9.47 Å². The molecule has 0 aromatic heterocycles. The molecule has 0 saturated carbocycles. The highest BCUT2D eigenvalue weighted by Crippen LogP contribution is 2.35. The van der Waals surface area contributed by atoms with E-state index in [9.17, 15) is 9.59 Å². The van der Waals surface area contributed by atoms with E-state index in [-0.39, 0.29) is 5.78 Å². The van der Waals surface area contributed by atoms with Gasteiger partial charge in [0.25, 0.3) is 0 Å². The highest BCUT2D eigenvalue weighted by atomic mass is 16.5. The molecule has 0 spiro atoms. The molecule has 9 nitrogen and oxygen atoms in total. The van der Waals surface area contributed by atoms with Gasteiger partial charge in [0.1, 0.15) is 29.5 Å². The lowest BCUT2D eigenvalue weighted by Crippen LogP contribution is -2.27. The van der Waals surface area contributed by atoms with Crippen molar-refractivity contribution in [3.8, 4) is 11.5 Å². The van der Waals surface area contributed by atoms with Crippen LogP contribution in [0, 0.1) is 0 Å². The largest absolute Gasteiger partial charge is 0.491 e. The van der Waals surface area contributed by atoms with Gasteiger partial charge in [0, 0.05) is 18.5 Å². The van der Waals surface area contributed by atoms with E-state index in [1.54, 1.807) is 36.4 Å². The number of likely N-dealkylation sites (N-methyl/N-ethyl adjacent to an activating group) is 1. The highest BCUT2D eigenvalue weighted by Gasteiger charge is 2.15. The number of hydrogen-bond donors (Lipinski definition) is 0. The van der Waals surface area contributed by atoms with Crippen LogP contribution in [0.4, 0.5) is 11.4 Å². The van der Waals surface area contributed by atoms with Crippen LogP contribution in [0.1, 0.15) is 101 Å². The molecule has 0 radical (unpaired) electrons. The van der Waals surface area contributed by atoms with Crippen LogP contribution in [-0.4, -0.2) is 80.6 Å². The van der Waals surface area contributed by atoms with Crippen LogP contribution in [0.25, 0.3) is 0 Å².